The number of halogens is 1. The average molecular weight is 394 g/mol. The number of hydrogen-bond acceptors (Lipinski definition) is 6. The van der Waals surface area contributed by atoms with E-state index in [0.717, 1.165) is 34.5 Å². The van der Waals surface area contributed by atoms with Gasteiger partial charge in [0.15, 0.2) is 0 Å². The van der Waals surface area contributed by atoms with E-state index in [-0.39, 0.29) is 12.4 Å². The Bertz CT molecular complexity index is 981. The minimum atomic E-state index is -0.262. The van der Waals surface area contributed by atoms with Crippen LogP contribution in [0, 0.1) is 12.7 Å². The van der Waals surface area contributed by atoms with Gasteiger partial charge in [-0.25, -0.2) is 14.4 Å². The molecule has 1 aliphatic heterocycles. The van der Waals surface area contributed by atoms with Crippen LogP contribution in [-0.4, -0.2) is 33.2 Å². The summed E-state index contributed by atoms with van der Waals surface area (Å²) in [6.07, 6.45) is 5.45. The van der Waals surface area contributed by atoms with Crippen molar-refractivity contribution in [1.29, 1.82) is 0 Å². The molecule has 0 radical (unpaired) electrons. The van der Waals surface area contributed by atoms with Crippen molar-refractivity contribution in [3.63, 3.8) is 0 Å². The Morgan fingerprint density at radius 1 is 1.14 bits per heavy atom. The fourth-order valence-electron chi connectivity index (χ4n) is 3.53. The first-order valence-corrected chi connectivity index (χ1v) is 9.53. The summed E-state index contributed by atoms with van der Waals surface area (Å²) in [5.41, 5.74) is 5.11. The van der Waals surface area contributed by atoms with Gasteiger partial charge in [0.1, 0.15) is 12.4 Å². The predicted octanol–water partition coefficient (Wildman–Crippen LogP) is 3.23. The lowest BCUT2D eigenvalue weighted by Crippen LogP contribution is -2.39. The molecular weight excluding hydrogens is 371 g/mol. The lowest BCUT2D eigenvalue weighted by molar-refractivity contribution is 0.219. The van der Waals surface area contributed by atoms with Crippen molar-refractivity contribution in [3.8, 4) is 5.88 Å². The molecule has 1 N–H and O–H groups in total. The second-order valence-electron chi connectivity index (χ2n) is 7.05. The molecule has 0 amide bonds. The molecule has 2 aromatic heterocycles. The zero-order valence-electron chi connectivity index (χ0n) is 16.3. The number of ether oxygens (including phenoxy) is 1. The number of benzene rings is 1. The number of aryl methyl sites for hydroxylation is 1. The van der Waals surface area contributed by atoms with E-state index in [1.54, 1.807) is 18.3 Å². The number of β-amino-alcohol motifs (C(OH)–C–C–N with tert-alkyl or cyclic N) is 1. The van der Waals surface area contributed by atoms with Crippen molar-refractivity contribution < 1.29 is 14.2 Å². The molecule has 0 aliphatic carbocycles. The van der Waals surface area contributed by atoms with Crippen LogP contribution < -0.4 is 9.75 Å². The van der Waals surface area contributed by atoms with E-state index < -0.39 is 0 Å². The molecule has 3 aromatic rings. The maximum absolute atomic E-state index is 13.0. The summed E-state index contributed by atoms with van der Waals surface area (Å²) in [7, 11) is 0. The zero-order valence-corrected chi connectivity index (χ0v) is 16.3. The second kappa shape index (κ2) is 8.55. The summed E-state index contributed by atoms with van der Waals surface area (Å²) in [5.74, 6) is 0.307. The number of rotatable bonds is 7. The van der Waals surface area contributed by atoms with E-state index in [1.807, 2.05) is 25.4 Å². The molecule has 7 heteroatoms. The van der Waals surface area contributed by atoms with Crippen LogP contribution in [0.1, 0.15) is 22.3 Å². The molecule has 3 heterocycles. The normalized spacial score (nSPS) is 13.6. The van der Waals surface area contributed by atoms with Gasteiger partial charge in [-0.1, -0.05) is 12.1 Å². The molecule has 6 nitrogen and oxygen atoms in total. The van der Waals surface area contributed by atoms with E-state index in [1.165, 1.54) is 12.1 Å². The van der Waals surface area contributed by atoms with Crippen molar-refractivity contribution in [2.24, 2.45) is 0 Å². The smallest absolute Gasteiger partial charge is 0.216 e. The van der Waals surface area contributed by atoms with Crippen LogP contribution in [0.25, 0.3) is 0 Å². The summed E-state index contributed by atoms with van der Waals surface area (Å²) in [6, 6.07) is 10.3. The number of pyridine rings is 2. The van der Waals surface area contributed by atoms with Gasteiger partial charge >= 0.3 is 0 Å². The number of aliphatic hydroxyl groups excluding tert-OH is 1. The van der Waals surface area contributed by atoms with Crippen molar-refractivity contribution in [2.75, 3.05) is 18.2 Å². The number of fused-ring (bicyclic) bond motifs is 1. The Labute approximate surface area is 169 Å². The maximum Gasteiger partial charge on any atom is 0.216 e. The molecule has 0 atom stereocenters. The molecule has 29 heavy (non-hydrogen) atoms. The van der Waals surface area contributed by atoms with Crippen LogP contribution in [0.5, 0.6) is 5.88 Å². The van der Waals surface area contributed by atoms with Crippen molar-refractivity contribution >= 4 is 5.69 Å². The molecule has 0 saturated heterocycles. The third-order valence-electron chi connectivity index (χ3n) is 4.90. The molecule has 0 fully saturated rings. The van der Waals surface area contributed by atoms with Crippen LogP contribution in [0.15, 0.2) is 55.0 Å². The van der Waals surface area contributed by atoms with E-state index >= 15 is 0 Å². The van der Waals surface area contributed by atoms with Gasteiger partial charge in [0.25, 0.3) is 0 Å². The zero-order chi connectivity index (χ0) is 20.2. The van der Waals surface area contributed by atoms with Crippen molar-refractivity contribution in [1.82, 2.24) is 15.0 Å². The Morgan fingerprint density at radius 2 is 1.97 bits per heavy atom. The topological polar surface area (TPSA) is 61.7 Å². The van der Waals surface area contributed by atoms with Gasteiger partial charge in [0, 0.05) is 42.8 Å². The maximum atomic E-state index is 13.0. The summed E-state index contributed by atoms with van der Waals surface area (Å²) in [6.45, 7) is 4.32. The van der Waals surface area contributed by atoms with Gasteiger partial charge in [-0.05, 0) is 42.3 Å². The lowest BCUT2D eigenvalue weighted by Gasteiger charge is -2.29. The van der Waals surface area contributed by atoms with Gasteiger partial charge in [0.2, 0.25) is 5.88 Å². The van der Waals surface area contributed by atoms with E-state index in [4.69, 9.17) is 4.74 Å². The number of hydrazine groups is 1. The highest BCUT2D eigenvalue weighted by Crippen LogP contribution is 2.31. The van der Waals surface area contributed by atoms with Crippen molar-refractivity contribution in [3.05, 3.63) is 83.1 Å². The molecule has 0 bridgehead atoms. The van der Waals surface area contributed by atoms with Crippen LogP contribution in [0.2, 0.25) is 0 Å². The number of hydrogen-bond donors (Lipinski definition) is 1. The second-order valence-corrected chi connectivity index (χ2v) is 7.05. The summed E-state index contributed by atoms with van der Waals surface area (Å²) in [4.78, 5) is 8.67. The monoisotopic (exact) mass is 394 g/mol. The Morgan fingerprint density at radius 3 is 2.72 bits per heavy atom. The highest BCUT2D eigenvalue weighted by Gasteiger charge is 2.27. The predicted molar refractivity (Wildman–Crippen MR) is 108 cm³/mol. The summed E-state index contributed by atoms with van der Waals surface area (Å²) < 4.78 is 18.8. The van der Waals surface area contributed by atoms with Gasteiger partial charge in [-0.15, -0.1) is 0 Å². The molecule has 0 spiro atoms. The van der Waals surface area contributed by atoms with E-state index in [9.17, 15) is 9.50 Å². The largest absolute Gasteiger partial charge is 0.473 e. The van der Waals surface area contributed by atoms with E-state index in [2.05, 4.69) is 26.1 Å². The van der Waals surface area contributed by atoms with Gasteiger partial charge < -0.3 is 14.9 Å². The molecule has 0 unspecified atom stereocenters. The van der Waals surface area contributed by atoms with Crippen LogP contribution in [0.3, 0.4) is 0 Å². The number of aromatic nitrogens is 2. The Kier molecular flexibility index (Phi) is 5.69. The first kappa shape index (κ1) is 19.3. The fraction of sp³-hybridized carbons (Fsp3) is 0.273. The van der Waals surface area contributed by atoms with E-state index in [0.29, 0.717) is 25.6 Å². The molecule has 1 aliphatic rings. The van der Waals surface area contributed by atoms with Crippen LogP contribution in [0.4, 0.5) is 10.1 Å². The van der Waals surface area contributed by atoms with Gasteiger partial charge in [-0.3, -0.25) is 4.98 Å². The lowest BCUT2D eigenvalue weighted by atomic mass is 10.2. The third-order valence-corrected chi connectivity index (χ3v) is 4.90. The van der Waals surface area contributed by atoms with Gasteiger partial charge in [0.05, 0.1) is 18.8 Å². The number of aliphatic hydroxyl groups is 1. The first-order valence-electron chi connectivity index (χ1n) is 9.53. The standard InChI is InChI=1S/C22H23FN4O2/c1-16-10-18(11-25-22(16)29-15-17-2-4-20(23)5-3-17)13-26-14-19-12-24-7-6-21(19)27(26)8-9-28/h2-7,10-12,28H,8-9,13-15H2,1H3. The molecular formula is C22H23FN4O2. The average Bonchev–Trinajstić information content (AvgIpc) is 3.06. The molecule has 0 saturated carbocycles. The van der Waals surface area contributed by atoms with Gasteiger partial charge in [-0.2, -0.15) is 0 Å². The highest BCUT2D eigenvalue weighted by atomic mass is 19.1. The quantitative estimate of drug-likeness (QED) is 0.664. The molecule has 4 rings (SSSR count). The summed E-state index contributed by atoms with van der Waals surface area (Å²) in [5, 5.41) is 13.7. The summed E-state index contributed by atoms with van der Waals surface area (Å²) >= 11 is 0. The minimum absolute atomic E-state index is 0.0751. The highest BCUT2D eigenvalue weighted by molar-refractivity contribution is 5.54. The number of nitrogens with zero attached hydrogens (tertiary/aromatic N) is 4. The number of anilines is 1. The SMILES string of the molecule is Cc1cc(CN2Cc3cnccc3N2CCO)cnc1OCc1ccc(F)cc1. The fourth-order valence-corrected chi connectivity index (χ4v) is 3.53. The van der Waals surface area contributed by atoms with Crippen molar-refractivity contribution in [2.45, 2.75) is 26.6 Å². The molecule has 1 aromatic carbocycles. The van der Waals surface area contributed by atoms with Crippen LogP contribution >= 0.6 is 0 Å². The Hall–Kier alpha value is -3.03. The third kappa shape index (κ3) is 4.36. The first-order chi connectivity index (χ1) is 14.1. The minimum Gasteiger partial charge on any atom is -0.473 e. The molecule has 150 valence electrons. The Balaban J connectivity index is 1.43. The van der Waals surface area contributed by atoms with Crippen LogP contribution in [-0.2, 0) is 19.7 Å².